The van der Waals surface area contributed by atoms with E-state index in [1.165, 1.54) is 392 Å². The highest BCUT2D eigenvalue weighted by Crippen LogP contribution is 2.21. The summed E-state index contributed by atoms with van der Waals surface area (Å²) in [6, 6.07) is -0.540. The van der Waals surface area contributed by atoms with Crippen LogP contribution in [-0.4, -0.2) is 47.4 Å². The summed E-state index contributed by atoms with van der Waals surface area (Å²) in [4.78, 5) is 24.7. The van der Waals surface area contributed by atoms with Crippen LogP contribution in [0.25, 0.3) is 0 Å². The second-order valence-electron chi connectivity index (χ2n) is 27.4. The average Bonchev–Trinajstić information content (AvgIpc) is 3.52. The predicted molar refractivity (Wildman–Crippen MR) is 371 cm³/mol. The van der Waals surface area contributed by atoms with Gasteiger partial charge >= 0.3 is 5.97 Å². The van der Waals surface area contributed by atoms with Crippen molar-refractivity contribution in [3.05, 3.63) is 0 Å². The Morgan fingerprint density at radius 1 is 0.286 bits per heavy atom. The summed E-state index contributed by atoms with van der Waals surface area (Å²) in [7, 11) is 0. The Labute approximate surface area is 527 Å². The van der Waals surface area contributed by atoms with Crippen molar-refractivity contribution in [2.24, 2.45) is 0 Å². The molecule has 0 rings (SSSR count). The fraction of sp³-hybridized carbons (Fsp3) is 0.974. The Hall–Kier alpha value is -1.14. The molecule has 0 aliphatic carbocycles. The number of carbonyl (C=O) groups excluding carboxylic acids is 2. The monoisotopic (exact) mass is 1190 g/mol. The number of hydrogen-bond donors (Lipinski definition) is 3. The van der Waals surface area contributed by atoms with Gasteiger partial charge < -0.3 is 20.3 Å². The quantitative estimate of drug-likeness (QED) is 0.0417. The Morgan fingerprint density at radius 3 is 0.726 bits per heavy atom. The zero-order valence-electron chi connectivity index (χ0n) is 57.7. The van der Waals surface area contributed by atoms with Gasteiger partial charge in [0, 0.05) is 12.8 Å². The van der Waals surface area contributed by atoms with E-state index < -0.39 is 12.1 Å². The number of aliphatic hydroxyl groups is 2. The number of rotatable bonds is 75. The number of carbonyl (C=O) groups is 2. The molecule has 0 aliphatic rings. The van der Waals surface area contributed by atoms with Gasteiger partial charge in [0.2, 0.25) is 5.91 Å². The van der Waals surface area contributed by atoms with E-state index in [4.69, 9.17) is 4.74 Å². The molecule has 0 fully saturated rings. The summed E-state index contributed by atoms with van der Waals surface area (Å²) in [6.45, 7) is 5.02. The van der Waals surface area contributed by atoms with Crippen molar-refractivity contribution in [3.8, 4) is 0 Å². The van der Waals surface area contributed by atoms with E-state index in [0.717, 1.165) is 38.5 Å². The first-order chi connectivity index (χ1) is 41.5. The zero-order chi connectivity index (χ0) is 60.6. The van der Waals surface area contributed by atoms with Gasteiger partial charge in [-0.25, -0.2) is 0 Å². The van der Waals surface area contributed by atoms with Crippen molar-refractivity contribution < 1.29 is 24.5 Å². The Balaban J connectivity index is 3.33. The van der Waals surface area contributed by atoms with Crippen molar-refractivity contribution in [3.63, 3.8) is 0 Å². The predicted octanol–water partition coefficient (Wildman–Crippen LogP) is 25.7. The summed E-state index contributed by atoms with van der Waals surface area (Å²) in [5.41, 5.74) is 0. The normalized spacial score (nSPS) is 12.4. The lowest BCUT2D eigenvalue weighted by molar-refractivity contribution is -0.143. The number of nitrogens with one attached hydrogen (secondary N) is 1. The minimum absolute atomic E-state index is 0.0242. The molecule has 6 nitrogen and oxygen atoms in total. The van der Waals surface area contributed by atoms with Gasteiger partial charge in [-0.1, -0.05) is 425 Å². The van der Waals surface area contributed by atoms with E-state index >= 15 is 0 Å². The number of unbranched alkanes of at least 4 members (excludes halogenated alkanes) is 64. The van der Waals surface area contributed by atoms with Gasteiger partial charge in [0.25, 0.3) is 0 Å². The molecule has 0 saturated carbocycles. The Kier molecular flexibility index (Phi) is 73.3. The zero-order valence-corrected chi connectivity index (χ0v) is 57.7. The molecule has 0 saturated heterocycles. The minimum Gasteiger partial charge on any atom is -0.466 e. The molecule has 0 aromatic carbocycles. The van der Waals surface area contributed by atoms with Gasteiger partial charge in [-0.3, -0.25) is 9.59 Å². The van der Waals surface area contributed by atoms with E-state index in [-0.39, 0.29) is 18.5 Å². The van der Waals surface area contributed by atoms with Gasteiger partial charge in [0.15, 0.2) is 0 Å². The fourth-order valence-electron chi connectivity index (χ4n) is 12.9. The van der Waals surface area contributed by atoms with Crippen LogP contribution in [0.3, 0.4) is 0 Å². The van der Waals surface area contributed by atoms with Gasteiger partial charge in [0.05, 0.1) is 25.4 Å². The van der Waals surface area contributed by atoms with Crippen molar-refractivity contribution in [2.75, 3.05) is 13.2 Å². The van der Waals surface area contributed by atoms with Crippen LogP contribution in [0.1, 0.15) is 463 Å². The molecule has 0 bridgehead atoms. The minimum atomic E-state index is -0.663. The number of hydrogen-bond acceptors (Lipinski definition) is 5. The van der Waals surface area contributed by atoms with E-state index in [1.54, 1.807) is 0 Å². The molecule has 3 N–H and O–H groups in total. The van der Waals surface area contributed by atoms with Gasteiger partial charge in [-0.15, -0.1) is 0 Å². The van der Waals surface area contributed by atoms with E-state index in [0.29, 0.717) is 25.9 Å². The molecule has 6 heteroatoms. The van der Waals surface area contributed by atoms with E-state index in [2.05, 4.69) is 19.2 Å². The number of amides is 1. The largest absolute Gasteiger partial charge is 0.466 e. The van der Waals surface area contributed by atoms with Crippen molar-refractivity contribution >= 4 is 11.9 Å². The van der Waals surface area contributed by atoms with E-state index in [1.807, 2.05) is 0 Å². The molecular formula is C78H155NO5. The van der Waals surface area contributed by atoms with Gasteiger partial charge in [-0.2, -0.15) is 0 Å². The molecule has 0 aliphatic heterocycles. The third-order valence-electron chi connectivity index (χ3n) is 18.9. The number of ether oxygens (including phenoxy) is 1. The van der Waals surface area contributed by atoms with Crippen molar-refractivity contribution in [1.82, 2.24) is 5.32 Å². The molecule has 0 aromatic rings. The maximum absolute atomic E-state index is 12.6. The first kappa shape index (κ1) is 82.9. The smallest absolute Gasteiger partial charge is 0.305 e. The van der Waals surface area contributed by atoms with Crippen LogP contribution in [0.4, 0.5) is 0 Å². The van der Waals surface area contributed by atoms with Crippen LogP contribution in [0.15, 0.2) is 0 Å². The SMILES string of the molecule is CCCCCCCCCCCCCCCCCCCCCCCCC(O)C(CO)NC(=O)CCCCCCCCCCCCCCCCCCCCCCCCCCCCCOC(=O)CCCCCCCCCCCCCCCCCCCC. The summed E-state index contributed by atoms with van der Waals surface area (Å²) in [6.07, 6.45) is 91.8. The lowest BCUT2D eigenvalue weighted by Gasteiger charge is -2.22. The Morgan fingerprint density at radius 2 is 0.488 bits per heavy atom. The molecular weight excluding hydrogens is 1030 g/mol. The topological polar surface area (TPSA) is 95.9 Å². The molecule has 0 spiro atoms. The molecule has 1 amide bonds. The first-order valence-electron chi connectivity index (χ1n) is 39.3. The maximum atomic E-state index is 12.6. The van der Waals surface area contributed by atoms with Gasteiger partial charge in [0.1, 0.15) is 0 Å². The number of esters is 1. The lowest BCUT2D eigenvalue weighted by Crippen LogP contribution is -2.45. The van der Waals surface area contributed by atoms with Crippen LogP contribution >= 0.6 is 0 Å². The van der Waals surface area contributed by atoms with Crippen LogP contribution in [0.5, 0.6) is 0 Å². The standard InChI is InChI=1S/C78H155NO5/c1-3-5-7-9-11-13-15-17-19-21-23-24-32-35-38-42-46-50-54-58-62-66-70-76(81)75(74-80)79-77(82)71-67-63-59-55-51-47-43-39-36-33-30-28-26-25-27-29-31-34-37-41-45-49-53-57-61-65-69-73-84-78(83)72-68-64-60-56-52-48-44-40-22-20-18-16-14-12-10-8-6-4-2/h75-76,80-81H,3-74H2,1-2H3,(H,79,82). The van der Waals surface area contributed by atoms with Crippen LogP contribution < -0.4 is 5.32 Å². The van der Waals surface area contributed by atoms with Crippen molar-refractivity contribution in [2.45, 2.75) is 475 Å². The molecule has 2 atom stereocenters. The third kappa shape index (κ3) is 70.0. The van der Waals surface area contributed by atoms with E-state index in [9.17, 15) is 19.8 Å². The molecule has 84 heavy (non-hydrogen) atoms. The molecule has 502 valence electrons. The number of aliphatic hydroxyl groups excluding tert-OH is 2. The average molecular weight is 1190 g/mol. The highest BCUT2D eigenvalue weighted by atomic mass is 16.5. The summed E-state index contributed by atoms with van der Waals surface area (Å²) >= 11 is 0. The maximum Gasteiger partial charge on any atom is 0.305 e. The second kappa shape index (κ2) is 74.3. The summed E-state index contributed by atoms with van der Waals surface area (Å²) in [5.74, 6) is -0.00176. The fourth-order valence-corrected chi connectivity index (χ4v) is 12.9. The third-order valence-corrected chi connectivity index (χ3v) is 18.9. The summed E-state index contributed by atoms with van der Waals surface area (Å²) < 4.78 is 5.52. The molecule has 2 unspecified atom stereocenters. The van der Waals surface area contributed by atoms with Crippen LogP contribution in [-0.2, 0) is 14.3 Å². The van der Waals surface area contributed by atoms with Crippen LogP contribution in [0, 0.1) is 0 Å². The highest BCUT2D eigenvalue weighted by Gasteiger charge is 2.20. The lowest BCUT2D eigenvalue weighted by atomic mass is 10.0. The molecule has 0 aromatic heterocycles. The molecule has 0 heterocycles. The van der Waals surface area contributed by atoms with Crippen LogP contribution in [0.2, 0.25) is 0 Å². The highest BCUT2D eigenvalue weighted by molar-refractivity contribution is 5.76. The second-order valence-corrected chi connectivity index (χ2v) is 27.4. The first-order valence-corrected chi connectivity index (χ1v) is 39.3. The summed E-state index contributed by atoms with van der Waals surface area (Å²) in [5, 5.41) is 23.5. The van der Waals surface area contributed by atoms with Crippen molar-refractivity contribution in [1.29, 1.82) is 0 Å². The Bertz CT molecular complexity index is 1230. The van der Waals surface area contributed by atoms with Gasteiger partial charge in [-0.05, 0) is 25.7 Å². The molecule has 0 radical (unpaired) electrons.